The summed E-state index contributed by atoms with van der Waals surface area (Å²) in [5.41, 5.74) is -1.08. The van der Waals surface area contributed by atoms with Crippen molar-refractivity contribution in [2.75, 3.05) is 13.1 Å². The van der Waals surface area contributed by atoms with Gasteiger partial charge in [0.05, 0.1) is 6.42 Å². The van der Waals surface area contributed by atoms with Crippen molar-refractivity contribution in [1.29, 1.82) is 0 Å². The van der Waals surface area contributed by atoms with Crippen LogP contribution < -0.4 is 0 Å². The average Bonchev–Trinajstić information content (AvgIpc) is 3.00. The largest absolute Gasteiger partial charge is 0.481 e. The molecule has 0 saturated heterocycles. The maximum atomic E-state index is 13.5. The molecule has 5 heteroatoms. The summed E-state index contributed by atoms with van der Waals surface area (Å²) < 4.78 is 0. The number of nitrogens with zero attached hydrogens (tertiary/aromatic N) is 1. The lowest BCUT2D eigenvalue weighted by atomic mass is 9.73. The quantitative estimate of drug-likeness (QED) is 0.0687. The van der Waals surface area contributed by atoms with Gasteiger partial charge in [0.25, 0.3) is 0 Å². The number of hydrogen-bond donors (Lipinski definition) is 2. The van der Waals surface area contributed by atoms with Crippen LogP contribution in [-0.2, 0) is 9.59 Å². The minimum absolute atomic E-state index is 0.0435. The maximum absolute atomic E-state index is 13.5. The van der Waals surface area contributed by atoms with Crippen LogP contribution >= 0.6 is 0 Å². The molecule has 5 nitrogen and oxygen atoms in total. The van der Waals surface area contributed by atoms with Crippen molar-refractivity contribution in [2.24, 2.45) is 5.92 Å². The van der Waals surface area contributed by atoms with E-state index in [1.807, 2.05) is 0 Å². The first-order valence-corrected chi connectivity index (χ1v) is 19.6. The van der Waals surface area contributed by atoms with Crippen LogP contribution in [0.15, 0.2) is 0 Å². The number of unbranched alkanes of at least 4 members (excludes halogenated alkanes) is 22. The Morgan fingerprint density at radius 2 is 0.841 bits per heavy atom. The summed E-state index contributed by atoms with van der Waals surface area (Å²) in [6.45, 7) is 10.4. The molecule has 44 heavy (non-hydrogen) atoms. The van der Waals surface area contributed by atoms with E-state index in [2.05, 4.69) is 32.6 Å². The number of carbonyl (C=O) groups is 2. The molecular formula is C39H77NO4. The van der Waals surface area contributed by atoms with Gasteiger partial charge in [0, 0.05) is 0 Å². The molecule has 0 radical (unpaired) electrons. The van der Waals surface area contributed by atoms with Crippen molar-refractivity contribution in [3.8, 4) is 0 Å². The molecule has 0 heterocycles. The first-order chi connectivity index (χ1) is 21.4. The fraction of sp³-hybridized carbons (Fsp3) is 0.949. The zero-order valence-corrected chi connectivity index (χ0v) is 30.2. The number of hydrogen-bond acceptors (Lipinski definition) is 3. The lowest BCUT2D eigenvalue weighted by molar-refractivity contribution is -0.160. The Hall–Kier alpha value is -1.10. The molecule has 0 amide bonds. The van der Waals surface area contributed by atoms with Gasteiger partial charge in [-0.25, -0.2) is 0 Å². The number of carboxylic acids is 2. The minimum Gasteiger partial charge on any atom is -0.481 e. The predicted molar refractivity (Wildman–Crippen MR) is 190 cm³/mol. The zero-order chi connectivity index (χ0) is 32.7. The van der Waals surface area contributed by atoms with Crippen LogP contribution in [0, 0.1) is 5.92 Å². The van der Waals surface area contributed by atoms with E-state index in [0.29, 0.717) is 12.8 Å². The summed E-state index contributed by atoms with van der Waals surface area (Å²) in [5, 5.41) is 21.1. The van der Waals surface area contributed by atoms with Crippen LogP contribution in [0.1, 0.15) is 214 Å². The minimum atomic E-state index is -1.08. The van der Waals surface area contributed by atoms with Crippen molar-refractivity contribution in [3.63, 3.8) is 0 Å². The molecule has 0 fully saturated rings. The second-order valence-electron chi connectivity index (χ2n) is 13.8. The highest BCUT2D eigenvalue weighted by atomic mass is 16.4. The molecule has 0 aromatic rings. The van der Waals surface area contributed by atoms with Crippen LogP contribution in [0.3, 0.4) is 0 Å². The first-order valence-electron chi connectivity index (χ1n) is 19.6. The number of carboxylic acid groups (broad SMARTS) is 2. The van der Waals surface area contributed by atoms with Gasteiger partial charge < -0.3 is 10.2 Å². The molecule has 2 atom stereocenters. The molecule has 0 spiro atoms. The molecule has 0 aliphatic rings. The third-order valence-electron chi connectivity index (χ3n) is 9.91. The highest BCUT2D eigenvalue weighted by Gasteiger charge is 2.49. The molecule has 0 rings (SSSR count). The van der Waals surface area contributed by atoms with Crippen molar-refractivity contribution in [1.82, 2.24) is 4.90 Å². The fourth-order valence-corrected chi connectivity index (χ4v) is 7.13. The van der Waals surface area contributed by atoms with Crippen LogP contribution in [0.4, 0.5) is 0 Å². The topological polar surface area (TPSA) is 77.8 Å². The van der Waals surface area contributed by atoms with E-state index in [0.717, 1.165) is 90.1 Å². The molecule has 0 bridgehead atoms. The summed E-state index contributed by atoms with van der Waals surface area (Å²) in [7, 11) is 0. The van der Waals surface area contributed by atoms with E-state index in [4.69, 9.17) is 0 Å². The van der Waals surface area contributed by atoms with Gasteiger partial charge in [-0.05, 0) is 44.7 Å². The summed E-state index contributed by atoms with van der Waals surface area (Å²) in [6.07, 6.45) is 31.9. The maximum Gasteiger partial charge on any atom is 0.324 e. The second-order valence-corrected chi connectivity index (χ2v) is 13.8. The van der Waals surface area contributed by atoms with Crippen LogP contribution in [0.2, 0.25) is 0 Å². The van der Waals surface area contributed by atoms with E-state index >= 15 is 0 Å². The van der Waals surface area contributed by atoms with Crippen LogP contribution in [0.5, 0.6) is 0 Å². The van der Waals surface area contributed by atoms with Crippen molar-refractivity contribution >= 4 is 11.9 Å². The Bertz CT molecular complexity index is 654. The third kappa shape index (κ3) is 20.8. The molecule has 0 saturated carbocycles. The van der Waals surface area contributed by atoms with E-state index in [-0.39, 0.29) is 12.3 Å². The third-order valence-corrected chi connectivity index (χ3v) is 9.91. The van der Waals surface area contributed by atoms with Gasteiger partial charge in [-0.2, -0.15) is 0 Å². The standard InChI is InChI=1S/C39H77NO4/c1-5-9-13-17-19-21-22-24-26-30-34-40(33-29-25-23-20-18-14-10-6-2)39(38(43)44,32-28-16-12-8-4)36(35-37(41)42)31-27-15-11-7-3/h36H,5-35H2,1-4H3,(H,41,42)(H,43,44)/t36?,39-/m0/s1. The van der Waals surface area contributed by atoms with Gasteiger partial charge in [0.15, 0.2) is 0 Å². The van der Waals surface area contributed by atoms with Gasteiger partial charge >= 0.3 is 11.9 Å². The van der Waals surface area contributed by atoms with Crippen molar-refractivity contribution < 1.29 is 19.8 Å². The Balaban J connectivity index is 5.74. The average molecular weight is 624 g/mol. The van der Waals surface area contributed by atoms with Gasteiger partial charge in [-0.1, -0.05) is 182 Å². The van der Waals surface area contributed by atoms with Gasteiger partial charge in [0.2, 0.25) is 0 Å². The SMILES string of the molecule is CCCCCCCCCCCCN(CCCCCCCCCC)[C@](CCCCCC)(C(=O)O)C(CCCCCC)CC(=O)O. The smallest absolute Gasteiger partial charge is 0.324 e. The first kappa shape index (κ1) is 42.9. The van der Waals surface area contributed by atoms with E-state index < -0.39 is 17.5 Å². The Morgan fingerprint density at radius 1 is 0.500 bits per heavy atom. The van der Waals surface area contributed by atoms with Crippen molar-refractivity contribution in [2.45, 2.75) is 219 Å². The number of aliphatic carboxylic acids is 2. The highest BCUT2D eigenvalue weighted by molar-refractivity contribution is 5.80. The molecule has 1 unspecified atom stereocenters. The summed E-state index contributed by atoms with van der Waals surface area (Å²) >= 11 is 0. The van der Waals surface area contributed by atoms with Crippen LogP contribution in [-0.4, -0.2) is 45.7 Å². The number of rotatable bonds is 35. The van der Waals surface area contributed by atoms with E-state index in [1.54, 1.807) is 0 Å². The fourth-order valence-electron chi connectivity index (χ4n) is 7.13. The molecule has 2 N–H and O–H groups in total. The monoisotopic (exact) mass is 624 g/mol. The summed E-state index contributed by atoms with van der Waals surface area (Å²) in [6, 6.07) is 0. The zero-order valence-electron chi connectivity index (χ0n) is 30.2. The van der Waals surface area contributed by atoms with Crippen molar-refractivity contribution in [3.05, 3.63) is 0 Å². The normalized spacial score (nSPS) is 13.8. The predicted octanol–water partition coefficient (Wildman–Crippen LogP) is 12.2. The Morgan fingerprint density at radius 3 is 1.20 bits per heavy atom. The second kappa shape index (κ2) is 30.5. The lowest BCUT2D eigenvalue weighted by Crippen LogP contribution is -2.60. The lowest BCUT2D eigenvalue weighted by Gasteiger charge is -2.46. The molecule has 262 valence electrons. The van der Waals surface area contributed by atoms with E-state index in [9.17, 15) is 19.8 Å². The molecule has 0 aliphatic heterocycles. The van der Waals surface area contributed by atoms with Gasteiger partial charge in [-0.15, -0.1) is 0 Å². The molecular weight excluding hydrogens is 546 g/mol. The highest BCUT2D eigenvalue weighted by Crippen LogP contribution is 2.38. The Labute approximate surface area is 274 Å². The van der Waals surface area contributed by atoms with Gasteiger partial charge in [-0.3, -0.25) is 14.5 Å². The van der Waals surface area contributed by atoms with Crippen LogP contribution in [0.25, 0.3) is 0 Å². The molecule has 0 aromatic carbocycles. The molecule has 0 aliphatic carbocycles. The summed E-state index contributed by atoms with van der Waals surface area (Å²) in [4.78, 5) is 28.0. The Kier molecular flexibility index (Phi) is 29.8. The van der Waals surface area contributed by atoms with Gasteiger partial charge in [0.1, 0.15) is 5.54 Å². The van der Waals surface area contributed by atoms with E-state index in [1.165, 1.54) is 89.9 Å². The summed E-state index contributed by atoms with van der Waals surface area (Å²) in [5.74, 6) is -1.98. The molecule has 0 aromatic heterocycles.